The number of anilines is 2. The van der Waals surface area contributed by atoms with Crippen molar-refractivity contribution in [2.75, 3.05) is 11.1 Å². The summed E-state index contributed by atoms with van der Waals surface area (Å²) in [7, 11) is 0. The van der Waals surface area contributed by atoms with Gasteiger partial charge in [-0.05, 0) is 23.6 Å². The van der Waals surface area contributed by atoms with Crippen LogP contribution in [0.15, 0.2) is 29.8 Å². The van der Waals surface area contributed by atoms with Crippen molar-refractivity contribution in [1.29, 1.82) is 5.26 Å². The summed E-state index contributed by atoms with van der Waals surface area (Å²) in [5.74, 6) is -0.415. The maximum atomic E-state index is 11.8. The molecule has 0 bridgehead atoms. The zero-order valence-corrected chi connectivity index (χ0v) is 9.49. The van der Waals surface area contributed by atoms with E-state index in [1.165, 1.54) is 17.5 Å². The Morgan fingerprint density at radius 3 is 3.06 bits per heavy atom. The highest BCUT2D eigenvalue weighted by atomic mass is 32.1. The van der Waals surface area contributed by atoms with Crippen LogP contribution in [-0.2, 0) is 0 Å². The van der Waals surface area contributed by atoms with E-state index in [4.69, 9.17) is 11.0 Å². The van der Waals surface area contributed by atoms with Gasteiger partial charge in [0.15, 0.2) is 5.69 Å². The lowest BCUT2D eigenvalue weighted by Gasteiger charge is -2.04. The first-order chi connectivity index (χ1) is 8.22. The fraction of sp³-hybridized carbons (Fsp3) is 0. The molecule has 0 saturated carbocycles. The molecule has 2 aromatic heterocycles. The van der Waals surface area contributed by atoms with Crippen LogP contribution in [0.25, 0.3) is 0 Å². The largest absolute Gasteiger partial charge is 0.397 e. The van der Waals surface area contributed by atoms with Crippen LogP contribution in [0.5, 0.6) is 0 Å². The SMILES string of the molecule is N#Cc1ccsc1NC(=O)c1ncccc1N. The molecular weight excluding hydrogens is 236 g/mol. The average Bonchev–Trinajstić information content (AvgIpc) is 2.76. The van der Waals surface area contributed by atoms with Gasteiger partial charge in [0.25, 0.3) is 5.91 Å². The van der Waals surface area contributed by atoms with E-state index in [0.717, 1.165) is 0 Å². The number of nitrogens with two attached hydrogens (primary N) is 1. The van der Waals surface area contributed by atoms with Gasteiger partial charge in [-0.3, -0.25) is 4.79 Å². The van der Waals surface area contributed by atoms with Crippen LogP contribution in [0.2, 0.25) is 0 Å². The highest BCUT2D eigenvalue weighted by Crippen LogP contribution is 2.23. The van der Waals surface area contributed by atoms with Crippen molar-refractivity contribution >= 4 is 27.9 Å². The molecule has 0 spiro atoms. The fourth-order valence-corrected chi connectivity index (χ4v) is 2.00. The number of nitrogens with one attached hydrogen (secondary N) is 1. The normalized spacial score (nSPS) is 9.59. The molecule has 0 radical (unpaired) electrons. The molecule has 2 aromatic rings. The summed E-state index contributed by atoms with van der Waals surface area (Å²) in [6, 6.07) is 6.88. The molecule has 84 valence electrons. The molecule has 2 heterocycles. The van der Waals surface area contributed by atoms with Gasteiger partial charge in [0, 0.05) is 6.20 Å². The summed E-state index contributed by atoms with van der Waals surface area (Å²) >= 11 is 1.28. The molecule has 6 heteroatoms. The predicted octanol–water partition coefficient (Wildman–Crippen LogP) is 1.85. The summed E-state index contributed by atoms with van der Waals surface area (Å²) in [6.07, 6.45) is 1.49. The average molecular weight is 244 g/mol. The number of pyridine rings is 1. The molecule has 0 fully saturated rings. The number of amides is 1. The molecule has 0 aliphatic rings. The Balaban J connectivity index is 2.24. The minimum Gasteiger partial charge on any atom is -0.397 e. The Bertz CT molecular complexity index is 600. The second kappa shape index (κ2) is 4.63. The smallest absolute Gasteiger partial charge is 0.277 e. The van der Waals surface area contributed by atoms with Gasteiger partial charge < -0.3 is 11.1 Å². The molecule has 0 aliphatic heterocycles. The lowest BCUT2D eigenvalue weighted by atomic mass is 10.3. The van der Waals surface area contributed by atoms with E-state index in [0.29, 0.717) is 16.3 Å². The molecule has 0 aromatic carbocycles. The number of carbonyl (C=O) groups excluding carboxylic acids is 1. The van der Waals surface area contributed by atoms with E-state index in [1.54, 1.807) is 23.6 Å². The molecule has 0 aliphatic carbocycles. The van der Waals surface area contributed by atoms with Crippen molar-refractivity contribution in [2.45, 2.75) is 0 Å². The third-order valence-corrected chi connectivity index (χ3v) is 2.90. The summed E-state index contributed by atoms with van der Waals surface area (Å²) in [5.41, 5.74) is 6.53. The van der Waals surface area contributed by atoms with Crippen molar-refractivity contribution < 1.29 is 4.79 Å². The fourth-order valence-electron chi connectivity index (χ4n) is 1.26. The third-order valence-electron chi connectivity index (χ3n) is 2.07. The monoisotopic (exact) mass is 244 g/mol. The number of aromatic nitrogens is 1. The molecule has 0 saturated heterocycles. The predicted molar refractivity (Wildman–Crippen MR) is 65.6 cm³/mol. The van der Waals surface area contributed by atoms with Gasteiger partial charge in [-0.1, -0.05) is 0 Å². The lowest BCUT2D eigenvalue weighted by molar-refractivity contribution is 0.102. The molecule has 1 amide bonds. The quantitative estimate of drug-likeness (QED) is 0.843. The summed E-state index contributed by atoms with van der Waals surface area (Å²) in [5, 5.41) is 13.7. The van der Waals surface area contributed by atoms with E-state index in [1.807, 2.05) is 6.07 Å². The van der Waals surface area contributed by atoms with Crippen LogP contribution in [0, 0.1) is 11.3 Å². The second-order valence-electron chi connectivity index (χ2n) is 3.17. The summed E-state index contributed by atoms with van der Waals surface area (Å²) in [4.78, 5) is 15.7. The number of nitrogens with zero attached hydrogens (tertiary/aromatic N) is 2. The first kappa shape index (κ1) is 11.1. The zero-order chi connectivity index (χ0) is 12.3. The van der Waals surface area contributed by atoms with Gasteiger partial charge in [-0.25, -0.2) is 4.98 Å². The second-order valence-corrected chi connectivity index (χ2v) is 4.09. The van der Waals surface area contributed by atoms with Gasteiger partial charge in [-0.2, -0.15) is 5.26 Å². The number of thiophene rings is 1. The van der Waals surface area contributed by atoms with E-state index in [2.05, 4.69) is 10.3 Å². The van der Waals surface area contributed by atoms with Crippen LogP contribution >= 0.6 is 11.3 Å². The number of rotatable bonds is 2. The molecular formula is C11H8N4OS. The van der Waals surface area contributed by atoms with Crippen LogP contribution < -0.4 is 11.1 Å². The van der Waals surface area contributed by atoms with E-state index >= 15 is 0 Å². The van der Waals surface area contributed by atoms with Gasteiger partial charge in [0.2, 0.25) is 0 Å². The van der Waals surface area contributed by atoms with Crippen molar-refractivity contribution in [3.8, 4) is 6.07 Å². The minimum absolute atomic E-state index is 0.157. The highest BCUT2D eigenvalue weighted by molar-refractivity contribution is 7.14. The Labute approximate surface area is 102 Å². The van der Waals surface area contributed by atoms with Crippen molar-refractivity contribution in [3.05, 3.63) is 41.0 Å². The van der Waals surface area contributed by atoms with Crippen LogP contribution in [0.1, 0.15) is 16.1 Å². The molecule has 2 rings (SSSR count). The number of nitriles is 1. The Morgan fingerprint density at radius 1 is 1.53 bits per heavy atom. The number of hydrogen-bond donors (Lipinski definition) is 2. The highest BCUT2D eigenvalue weighted by Gasteiger charge is 2.13. The first-order valence-corrected chi connectivity index (χ1v) is 5.60. The van der Waals surface area contributed by atoms with E-state index in [-0.39, 0.29) is 5.69 Å². The third kappa shape index (κ3) is 2.24. The van der Waals surface area contributed by atoms with E-state index < -0.39 is 5.91 Å². The summed E-state index contributed by atoms with van der Waals surface area (Å²) < 4.78 is 0. The molecule has 0 atom stereocenters. The first-order valence-electron chi connectivity index (χ1n) is 4.72. The Kier molecular flexibility index (Phi) is 3.03. The number of nitrogen functional groups attached to an aromatic ring is 1. The molecule has 0 unspecified atom stereocenters. The minimum atomic E-state index is -0.415. The van der Waals surface area contributed by atoms with Gasteiger partial charge in [0.05, 0.1) is 11.3 Å². The van der Waals surface area contributed by atoms with Gasteiger partial charge >= 0.3 is 0 Å². The maximum absolute atomic E-state index is 11.8. The van der Waals surface area contributed by atoms with Crippen LogP contribution in [-0.4, -0.2) is 10.9 Å². The standard InChI is InChI=1S/C11H8N4OS/c12-6-7-3-5-17-11(7)15-10(16)9-8(13)2-1-4-14-9/h1-5H,13H2,(H,15,16). The van der Waals surface area contributed by atoms with Crippen molar-refractivity contribution in [2.24, 2.45) is 0 Å². The molecule has 17 heavy (non-hydrogen) atoms. The van der Waals surface area contributed by atoms with Gasteiger partial charge in [-0.15, -0.1) is 11.3 Å². The van der Waals surface area contributed by atoms with Crippen LogP contribution in [0.3, 0.4) is 0 Å². The Morgan fingerprint density at radius 2 is 2.35 bits per heavy atom. The van der Waals surface area contributed by atoms with Crippen molar-refractivity contribution in [1.82, 2.24) is 4.98 Å². The topological polar surface area (TPSA) is 91.8 Å². The van der Waals surface area contributed by atoms with Crippen molar-refractivity contribution in [3.63, 3.8) is 0 Å². The number of carbonyl (C=O) groups is 1. The maximum Gasteiger partial charge on any atom is 0.277 e. The zero-order valence-electron chi connectivity index (χ0n) is 8.68. The number of hydrogen-bond acceptors (Lipinski definition) is 5. The summed E-state index contributed by atoms with van der Waals surface area (Å²) in [6.45, 7) is 0. The Hall–Kier alpha value is -2.39. The van der Waals surface area contributed by atoms with Crippen LogP contribution in [0.4, 0.5) is 10.7 Å². The lowest BCUT2D eigenvalue weighted by Crippen LogP contribution is -2.15. The molecule has 5 nitrogen and oxygen atoms in total. The van der Waals surface area contributed by atoms with Gasteiger partial charge in [0.1, 0.15) is 11.1 Å². The molecule has 3 N–H and O–H groups in total. The van der Waals surface area contributed by atoms with E-state index in [9.17, 15) is 4.79 Å².